The first kappa shape index (κ1) is 18.6. The van der Waals surface area contributed by atoms with Crippen LogP contribution < -0.4 is 0 Å². The van der Waals surface area contributed by atoms with Crippen molar-refractivity contribution in [3.63, 3.8) is 0 Å². The van der Waals surface area contributed by atoms with Crippen molar-refractivity contribution in [2.45, 2.75) is 12.8 Å². The highest BCUT2D eigenvalue weighted by Crippen LogP contribution is 2.44. The van der Waals surface area contributed by atoms with Crippen molar-refractivity contribution < 1.29 is 23.8 Å². The van der Waals surface area contributed by atoms with Crippen LogP contribution in [0.4, 0.5) is 4.39 Å². The van der Waals surface area contributed by atoms with E-state index in [0.717, 1.165) is 11.1 Å². The molecule has 4 rings (SSSR count). The number of nitrogens with zero attached hydrogens (tertiary/aromatic N) is 1. The zero-order valence-corrected chi connectivity index (χ0v) is 15.4. The van der Waals surface area contributed by atoms with Crippen LogP contribution in [0.25, 0.3) is 11.1 Å². The van der Waals surface area contributed by atoms with E-state index in [1.807, 2.05) is 12.1 Å². The molecule has 2 aromatic rings. The Morgan fingerprint density at radius 2 is 1.57 bits per heavy atom. The van der Waals surface area contributed by atoms with E-state index in [9.17, 15) is 19.1 Å². The molecular weight excluding hydrogens is 361 g/mol. The van der Waals surface area contributed by atoms with E-state index in [2.05, 4.69) is 0 Å². The molecule has 2 fully saturated rings. The number of benzene rings is 2. The quantitative estimate of drug-likeness (QED) is 0.882. The van der Waals surface area contributed by atoms with Crippen LogP contribution in [0.5, 0.6) is 0 Å². The first-order chi connectivity index (χ1) is 13.5. The third kappa shape index (κ3) is 3.40. The third-order valence-corrected chi connectivity index (χ3v) is 6.03. The monoisotopic (exact) mass is 383 g/mol. The van der Waals surface area contributed by atoms with Crippen LogP contribution in [0.1, 0.15) is 23.2 Å². The lowest BCUT2D eigenvalue weighted by molar-refractivity contribution is -0.146. The third-order valence-electron chi connectivity index (χ3n) is 6.03. The molecule has 0 saturated carbocycles. The number of hydrogen-bond donors (Lipinski definition) is 1. The van der Waals surface area contributed by atoms with Gasteiger partial charge < -0.3 is 14.7 Å². The topological polar surface area (TPSA) is 66.8 Å². The highest BCUT2D eigenvalue weighted by Gasteiger charge is 2.52. The summed E-state index contributed by atoms with van der Waals surface area (Å²) >= 11 is 0. The standard InChI is InChI=1S/C22H22FNO4/c23-18-7-5-16(6-8-18)15-1-3-17(4-2-15)20(25)24-13-19(21(26)27)22(14-24)9-11-28-12-10-22/h1-8,19H,9-14H2,(H,26,27). The van der Waals surface area contributed by atoms with E-state index in [4.69, 9.17) is 4.74 Å². The Kier molecular flexibility index (Phi) is 4.89. The molecule has 2 heterocycles. The summed E-state index contributed by atoms with van der Waals surface area (Å²) in [5.41, 5.74) is 1.89. The van der Waals surface area contributed by atoms with Crippen molar-refractivity contribution in [1.82, 2.24) is 4.90 Å². The highest BCUT2D eigenvalue weighted by molar-refractivity contribution is 5.95. The normalized spacial score (nSPS) is 21.0. The molecule has 1 amide bonds. The lowest BCUT2D eigenvalue weighted by atomic mass is 9.72. The molecule has 0 radical (unpaired) electrons. The number of amides is 1. The molecule has 2 aliphatic rings. The van der Waals surface area contributed by atoms with Crippen molar-refractivity contribution in [3.8, 4) is 11.1 Å². The van der Waals surface area contributed by atoms with Crippen LogP contribution in [-0.2, 0) is 9.53 Å². The van der Waals surface area contributed by atoms with E-state index in [1.54, 1.807) is 29.2 Å². The fourth-order valence-corrected chi connectivity index (χ4v) is 4.38. The maximum Gasteiger partial charge on any atom is 0.308 e. The van der Waals surface area contributed by atoms with Gasteiger partial charge in [-0.25, -0.2) is 4.39 Å². The van der Waals surface area contributed by atoms with Crippen LogP contribution in [-0.4, -0.2) is 48.2 Å². The second-order valence-electron chi connectivity index (χ2n) is 7.64. The lowest BCUT2D eigenvalue weighted by Gasteiger charge is -2.36. The molecule has 5 nitrogen and oxygen atoms in total. The summed E-state index contributed by atoms with van der Waals surface area (Å²) < 4.78 is 18.5. The minimum absolute atomic E-state index is 0.153. The minimum Gasteiger partial charge on any atom is -0.481 e. The van der Waals surface area contributed by atoms with E-state index in [1.165, 1.54) is 12.1 Å². The van der Waals surface area contributed by atoms with Gasteiger partial charge in [-0.05, 0) is 48.2 Å². The number of carboxylic acids is 1. The summed E-state index contributed by atoms with van der Waals surface area (Å²) in [6.45, 7) is 1.76. The van der Waals surface area contributed by atoms with Crippen molar-refractivity contribution in [2.24, 2.45) is 11.3 Å². The van der Waals surface area contributed by atoms with Crippen LogP contribution >= 0.6 is 0 Å². The second-order valence-corrected chi connectivity index (χ2v) is 7.64. The molecule has 1 N–H and O–H groups in total. The summed E-state index contributed by atoms with van der Waals surface area (Å²) in [5.74, 6) is -1.84. The minimum atomic E-state index is -0.844. The smallest absolute Gasteiger partial charge is 0.308 e. The Bertz CT molecular complexity index is 872. The summed E-state index contributed by atoms with van der Waals surface area (Å²) in [6.07, 6.45) is 1.33. The van der Waals surface area contributed by atoms with Gasteiger partial charge in [0.25, 0.3) is 5.91 Å². The van der Waals surface area contributed by atoms with Crippen molar-refractivity contribution >= 4 is 11.9 Å². The SMILES string of the molecule is O=C(O)C1CN(C(=O)c2ccc(-c3ccc(F)cc3)cc2)CC12CCOCC2. The number of carbonyl (C=O) groups is 2. The Balaban J connectivity index is 1.53. The van der Waals surface area contributed by atoms with Gasteiger partial charge in [-0.15, -0.1) is 0 Å². The number of ether oxygens (including phenoxy) is 1. The predicted molar refractivity (Wildman–Crippen MR) is 101 cm³/mol. The first-order valence-electron chi connectivity index (χ1n) is 9.44. The number of carboxylic acid groups (broad SMARTS) is 1. The molecule has 0 bridgehead atoms. The second kappa shape index (κ2) is 7.36. The van der Waals surface area contributed by atoms with E-state index in [-0.39, 0.29) is 18.3 Å². The average Bonchev–Trinajstić information content (AvgIpc) is 3.07. The van der Waals surface area contributed by atoms with E-state index in [0.29, 0.717) is 38.2 Å². The van der Waals surface area contributed by atoms with Gasteiger partial charge in [0.1, 0.15) is 5.82 Å². The predicted octanol–water partition coefficient (Wildman–Crippen LogP) is 3.45. The fraction of sp³-hybridized carbons (Fsp3) is 0.364. The summed E-state index contributed by atoms with van der Waals surface area (Å²) in [4.78, 5) is 26.4. The number of carbonyl (C=O) groups excluding carboxylic acids is 1. The molecule has 2 aromatic carbocycles. The maximum absolute atomic E-state index is 13.1. The number of hydrogen-bond acceptors (Lipinski definition) is 3. The molecule has 1 spiro atoms. The zero-order chi connectivity index (χ0) is 19.7. The van der Waals surface area contributed by atoms with Gasteiger partial charge >= 0.3 is 5.97 Å². The molecule has 1 atom stereocenters. The van der Waals surface area contributed by atoms with Gasteiger partial charge in [-0.2, -0.15) is 0 Å². The Labute approximate surface area is 162 Å². The average molecular weight is 383 g/mol. The Morgan fingerprint density at radius 3 is 2.14 bits per heavy atom. The Morgan fingerprint density at radius 1 is 1.00 bits per heavy atom. The van der Waals surface area contributed by atoms with Gasteiger partial charge in [0.05, 0.1) is 5.92 Å². The van der Waals surface area contributed by atoms with Gasteiger partial charge in [-0.3, -0.25) is 9.59 Å². The first-order valence-corrected chi connectivity index (χ1v) is 9.44. The zero-order valence-electron chi connectivity index (χ0n) is 15.4. The Hall–Kier alpha value is -2.73. The molecule has 28 heavy (non-hydrogen) atoms. The van der Waals surface area contributed by atoms with E-state index < -0.39 is 17.3 Å². The molecule has 0 aromatic heterocycles. The van der Waals surface area contributed by atoms with Crippen LogP contribution in [0, 0.1) is 17.2 Å². The maximum atomic E-state index is 13.1. The lowest BCUT2D eigenvalue weighted by Crippen LogP contribution is -2.40. The van der Waals surface area contributed by atoms with Crippen LogP contribution in [0.2, 0.25) is 0 Å². The number of aliphatic carboxylic acids is 1. The van der Waals surface area contributed by atoms with Crippen LogP contribution in [0.3, 0.4) is 0 Å². The summed E-state index contributed by atoms with van der Waals surface area (Å²) in [5, 5.41) is 9.68. The van der Waals surface area contributed by atoms with Crippen LogP contribution in [0.15, 0.2) is 48.5 Å². The molecule has 2 saturated heterocycles. The summed E-state index contributed by atoms with van der Waals surface area (Å²) in [6, 6.07) is 13.3. The van der Waals surface area contributed by atoms with Crippen molar-refractivity contribution in [1.29, 1.82) is 0 Å². The van der Waals surface area contributed by atoms with Gasteiger partial charge in [-0.1, -0.05) is 24.3 Å². The molecular formula is C22H22FNO4. The molecule has 2 aliphatic heterocycles. The van der Waals surface area contributed by atoms with Gasteiger partial charge in [0.15, 0.2) is 0 Å². The molecule has 146 valence electrons. The van der Waals surface area contributed by atoms with E-state index >= 15 is 0 Å². The number of halogens is 1. The number of likely N-dealkylation sites (tertiary alicyclic amines) is 1. The summed E-state index contributed by atoms with van der Waals surface area (Å²) in [7, 11) is 0. The molecule has 1 unspecified atom stereocenters. The van der Waals surface area contributed by atoms with Gasteiger partial charge in [0.2, 0.25) is 0 Å². The van der Waals surface area contributed by atoms with Crippen molar-refractivity contribution in [2.75, 3.05) is 26.3 Å². The van der Waals surface area contributed by atoms with Crippen molar-refractivity contribution in [3.05, 3.63) is 59.9 Å². The molecule has 0 aliphatic carbocycles. The largest absolute Gasteiger partial charge is 0.481 e. The molecule has 6 heteroatoms. The van der Waals surface area contributed by atoms with Gasteiger partial charge in [0, 0.05) is 37.3 Å². The number of rotatable bonds is 3. The fourth-order valence-electron chi connectivity index (χ4n) is 4.38. The highest BCUT2D eigenvalue weighted by atomic mass is 19.1.